The Morgan fingerprint density at radius 1 is 1.35 bits per heavy atom. The molecule has 1 N–H and O–H groups in total. The van der Waals surface area contributed by atoms with Crippen LogP contribution >= 0.6 is 11.6 Å². The van der Waals surface area contributed by atoms with E-state index in [1.165, 1.54) is 16.7 Å². The number of hydrogen-bond donors (Lipinski definition) is 1. The maximum Gasteiger partial charge on any atom is 0.335 e. The van der Waals surface area contributed by atoms with Gasteiger partial charge in [-0.15, -0.1) is 5.10 Å². The summed E-state index contributed by atoms with van der Waals surface area (Å²) in [5, 5.41) is 7.76. The number of imidazole rings is 1. The first-order valence-corrected chi connectivity index (χ1v) is 10.3. The zero-order valence-corrected chi connectivity index (χ0v) is 17.9. The van der Waals surface area contributed by atoms with Gasteiger partial charge in [0.05, 0.1) is 25.2 Å². The molecule has 162 valence electrons. The van der Waals surface area contributed by atoms with E-state index in [0.717, 1.165) is 0 Å². The van der Waals surface area contributed by atoms with Gasteiger partial charge in [-0.05, 0) is 23.8 Å². The monoisotopic (exact) mass is 443 g/mol. The number of methoxy groups -OCH3 is 1. The third kappa shape index (κ3) is 3.18. The standard InChI is InChI=1S/C20H22ClN7O3/c1-4-17(29)26-6-11-12(7-26)13(11)8-27-10-14(18-22-5-16(21)28(18)20(27)30)23-15-9-25(2)24-19(15)31-3/h4-5,9-13,23H,1,6-8H2,2-3H3. The van der Waals surface area contributed by atoms with E-state index >= 15 is 0 Å². The Morgan fingerprint density at radius 2 is 2.10 bits per heavy atom. The molecule has 1 aliphatic heterocycles. The van der Waals surface area contributed by atoms with Crippen LogP contribution in [0.4, 0.5) is 11.4 Å². The van der Waals surface area contributed by atoms with E-state index in [2.05, 4.69) is 22.0 Å². The van der Waals surface area contributed by atoms with Crippen molar-refractivity contribution in [3.63, 3.8) is 0 Å². The van der Waals surface area contributed by atoms with E-state index in [4.69, 9.17) is 16.3 Å². The molecule has 31 heavy (non-hydrogen) atoms. The quantitative estimate of drug-likeness (QED) is 0.580. The molecular formula is C20H22ClN7O3. The molecule has 5 rings (SSSR count). The van der Waals surface area contributed by atoms with Crippen LogP contribution in [0.2, 0.25) is 5.15 Å². The first kappa shape index (κ1) is 19.7. The van der Waals surface area contributed by atoms with Crippen molar-refractivity contribution in [2.24, 2.45) is 24.8 Å². The van der Waals surface area contributed by atoms with E-state index in [-0.39, 0.29) is 16.8 Å². The molecule has 10 nitrogen and oxygen atoms in total. The normalized spacial score (nSPS) is 21.9. The lowest BCUT2D eigenvalue weighted by Gasteiger charge is -2.18. The molecule has 4 heterocycles. The topological polar surface area (TPSA) is 98.7 Å². The Hall–Kier alpha value is -3.27. The van der Waals surface area contributed by atoms with Gasteiger partial charge in [-0.25, -0.2) is 14.2 Å². The minimum atomic E-state index is -0.245. The molecule has 3 aromatic rings. The number of aromatic nitrogens is 5. The van der Waals surface area contributed by atoms with Crippen molar-refractivity contribution in [3.05, 3.63) is 46.9 Å². The summed E-state index contributed by atoms with van der Waals surface area (Å²) in [5.41, 5.74) is 1.45. The minimum Gasteiger partial charge on any atom is -0.478 e. The van der Waals surface area contributed by atoms with Gasteiger partial charge in [-0.1, -0.05) is 18.2 Å². The predicted molar refractivity (Wildman–Crippen MR) is 115 cm³/mol. The summed E-state index contributed by atoms with van der Waals surface area (Å²) >= 11 is 6.27. The molecule has 1 saturated carbocycles. The number of likely N-dealkylation sites (tertiary alicyclic amines) is 1. The second-order valence-corrected chi connectivity index (χ2v) is 8.39. The molecule has 3 aromatic heterocycles. The highest BCUT2D eigenvalue weighted by atomic mass is 35.5. The van der Waals surface area contributed by atoms with Crippen molar-refractivity contribution in [3.8, 4) is 5.88 Å². The van der Waals surface area contributed by atoms with E-state index < -0.39 is 0 Å². The Kier molecular flexibility index (Phi) is 4.54. The second-order valence-electron chi connectivity index (χ2n) is 8.01. The molecule has 0 bridgehead atoms. The summed E-state index contributed by atoms with van der Waals surface area (Å²) in [7, 11) is 3.34. The van der Waals surface area contributed by atoms with Gasteiger partial charge in [-0.2, -0.15) is 0 Å². The largest absolute Gasteiger partial charge is 0.478 e. The van der Waals surface area contributed by atoms with Gasteiger partial charge in [0.25, 0.3) is 5.88 Å². The van der Waals surface area contributed by atoms with Crippen LogP contribution in [0.5, 0.6) is 5.88 Å². The number of carbonyl (C=O) groups excluding carboxylic acids is 1. The molecule has 1 aliphatic carbocycles. The molecule has 0 aromatic carbocycles. The molecule has 2 atom stereocenters. The molecule has 11 heteroatoms. The van der Waals surface area contributed by atoms with Crippen LogP contribution in [0.25, 0.3) is 5.65 Å². The Morgan fingerprint density at radius 3 is 2.77 bits per heavy atom. The van der Waals surface area contributed by atoms with Gasteiger partial charge in [0.15, 0.2) is 5.65 Å². The van der Waals surface area contributed by atoms with Crippen LogP contribution in [-0.2, 0) is 18.4 Å². The van der Waals surface area contributed by atoms with Crippen LogP contribution in [-0.4, -0.2) is 54.7 Å². The van der Waals surface area contributed by atoms with Gasteiger partial charge >= 0.3 is 5.69 Å². The van der Waals surface area contributed by atoms with Crippen LogP contribution in [0.15, 0.2) is 36.0 Å². The number of amides is 1. The minimum absolute atomic E-state index is 0.0355. The van der Waals surface area contributed by atoms with Gasteiger partial charge in [0, 0.05) is 32.9 Å². The molecule has 0 spiro atoms. The third-order valence-electron chi connectivity index (χ3n) is 6.20. The molecule has 1 amide bonds. The number of aryl methyl sites for hydroxylation is 1. The number of hydrogen-bond acceptors (Lipinski definition) is 6. The van der Waals surface area contributed by atoms with Gasteiger partial charge < -0.3 is 15.0 Å². The Balaban J connectivity index is 1.45. The van der Waals surface area contributed by atoms with Crippen molar-refractivity contribution in [2.75, 3.05) is 25.5 Å². The number of ether oxygens (including phenoxy) is 1. The predicted octanol–water partition coefficient (Wildman–Crippen LogP) is 1.53. The molecule has 2 unspecified atom stereocenters. The lowest BCUT2D eigenvalue weighted by molar-refractivity contribution is -0.125. The number of fused-ring (bicyclic) bond motifs is 2. The van der Waals surface area contributed by atoms with Gasteiger partial charge in [-0.3, -0.25) is 14.0 Å². The maximum absolute atomic E-state index is 13.1. The Bertz CT molecular complexity index is 1250. The molecule has 0 radical (unpaired) electrons. The number of nitrogens with one attached hydrogen (secondary N) is 1. The van der Waals surface area contributed by atoms with Crippen LogP contribution in [0.1, 0.15) is 0 Å². The lowest BCUT2D eigenvalue weighted by Crippen LogP contribution is -2.32. The third-order valence-corrected chi connectivity index (χ3v) is 6.47. The number of piperidine rings is 1. The SMILES string of the molecule is C=CC(=O)N1CC2C(C1)C2Cn1cc(Nc2cn(C)nc2OC)c2ncc(Cl)n2c1=O. The smallest absolute Gasteiger partial charge is 0.335 e. The zero-order valence-electron chi connectivity index (χ0n) is 17.2. The summed E-state index contributed by atoms with van der Waals surface area (Å²) < 4.78 is 10.00. The van der Waals surface area contributed by atoms with Crippen molar-refractivity contribution in [1.82, 2.24) is 28.6 Å². The summed E-state index contributed by atoms with van der Waals surface area (Å²) in [6.45, 7) is 5.52. The number of rotatable bonds is 6. The van der Waals surface area contributed by atoms with Crippen LogP contribution < -0.4 is 15.7 Å². The van der Waals surface area contributed by atoms with Crippen molar-refractivity contribution >= 4 is 34.5 Å². The molecular weight excluding hydrogens is 422 g/mol. The number of nitrogens with zero attached hydrogens (tertiary/aromatic N) is 6. The maximum atomic E-state index is 13.1. The number of anilines is 2. The number of halogens is 1. The second kappa shape index (κ2) is 7.16. The highest BCUT2D eigenvalue weighted by Crippen LogP contribution is 2.52. The fourth-order valence-electron chi connectivity index (χ4n) is 4.63. The summed E-state index contributed by atoms with van der Waals surface area (Å²) in [4.78, 5) is 31.0. The highest BCUT2D eigenvalue weighted by Gasteiger charge is 2.56. The average Bonchev–Trinajstić information content (AvgIpc) is 3.16. The summed E-state index contributed by atoms with van der Waals surface area (Å²) in [5.74, 6) is 1.54. The van der Waals surface area contributed by atoms with Crippen molar-refractivity contribution < 1.29 is 9.53 Å². The van der Waals surface area contributed by atoms with Crippen LogP contribution in [0.3, 0.4) is 0 Å². The van der Waals surface area contributed by atoms with Crippen LogP contribution in [0, 0.1) is 17.8 Å². The van der Waals surface area contributed by atoms with E-state index in [9.17, 15) is 9.59 Å². The van der Waals surface area contributed by atoms with E-state index in [1.54, 1.807) is 35.8 Å². The van der Waals surface area contributed by atoms with Crippen molar-refractivity contribution in [1.29, 1.82) is 0 Å². The first-order valence-electron chi connectivity index (χ1n) is 9.93. The fraction of sp³-hybridized carbons (Fsp3) is 0.400. The fourth-order valence-corrected chi connectivity index (χ4v) is 4.83. The van der Waals surface area contributed by atoms with Gasteiger partial charge in [0.2, 0.25) is 5.91 Å². The average molecular weight is 444 g/mol. The Labute approximate surface area is 182 Å². The first-order chi connectivity index (χ1) is 14.9. The molecule has 2 aliphatic rings. The number of carbonyl (C=O) groups is 1. The highest BCUT2D eigenvalue weighted by molar-refractivity contribution is 6.29. The van der Waals surface area contributed by atoms with E-state index in [0.29, 0.717) is 60.3 Å². The summed E-state index contributed by atoms with van der Waals surface area (Å²) in [6.07, 6.45) is 6.35. The van der Waals surface area contributed by atoms with E-state index in [1.807, 2.05) is 4.90 Å². The molecule has 2 fully saturated rings. The molecule has 1 saturated heterocycles. The lowest BCUT2D eigenvalue weighted by atomic mass is 10.2. The zero-order chi connectivity index (χ0) is 21.9. The summed E-state index contributed by atoms with van der Waals surface area (Å²) in [6, 6.07) is 0. The van der Waals surface area contributed by atoms with Gasteiger partial charge in [0.1, 0.15) is 10.8 Å². The van der Waals surface area contributed by atoms with Crippen molar-refractivity contribution in [2.45, 2.75) is 6.54 Å².